The average Bonchev–Trinajstić information content (AvgIpc) is 2.49. The first-order valence-corrected chi connectivity index (χ1v) is 7.84. The molecule has 0 unspecified atom stereocenters. The molecule has 0 saturated heterocycles. The zero-order valence-corrected chi connectivity index (χ0v) is 13.2. The Morgan fingerprint density at radius 1 is 1.33 bits per heavy atom. The SMILES string of the molecule is CCOc1ccccc1C(=O)NC1(C(N)=S)CCCCC1. The van der Waals surface area contributed by atoms with Crippen LogP contribution in [0.1, 0.15) is 49.4 Å². The molecule has 0 aliphatic heterocycles. The Bertz CT molecular complexity index is 525. The topological polar surface area (TPSA) is 64.3 Å². The van der Waals surface area contributed by atoms with Gasteiger partial charge in [-0.05, 0) is 31.9 Å². The molecular formula is C16H22N2O2S. The Morgan fingerprint density at radius 2 is 2.00 bits per heavy atom. The molecule has 5 heteroatoms. The summed E-state index contributed by atoms with van der Waals surface area (Å²) in [7, 11) is 0. The molecule has 1 amide bonds. The predicted molar refractivity (Wildman–Crippen MR) is 87.7 cm³/mol. The minimum Gasteiger partial charge on any atom is -0.493 e. The summed E-state index contributed by atoms with van der Waals surface area (Å²) in [6, 6.07) is 7.24. The molecule has 1 fully saturated rings. The van der Waals surface area contributed by atoms with Crippen molar-refractivity contribution < 1.29 is 9.53 Å². The number of hydrogen-bond acceptors (Lipinski definition) is 3. The lowest BCUT2D eigenvalue weighted by atomic mass is 9.81. The summed E-state index contributed by atoms with van der Waals surface area (Å²) in [5.41, 5.74) is 5.89. The van der Waals surface area contributed by atoms with E-state index in [0.29, 0.717) is 22.9 Å². The van der Waals surface area contributed by atoms with Crippen LogP contribution in [0, 0.1) is 0 Å². The summed E-state index contributed by atoms with van der Waals surface area (Å²) in [5, 5.41) is 3.06. The quantitative estimate of drug-likeness (QED) is 0.821. The van der Waals surface area contributed by atoms with Crippen molar-refractivity contribution in [3.63, 3.8) is 0 Å². The molecule has 0 bridgehead atoms. The maximum absolute atomic E-state index is 12.6. The van der Waals surface area contributed by atoms with Gasteiger partial charge in [0.1, 0.15) is 5.75 Å². The molecule has 0 aromatic heterocycles. The minimum absolute atomic E-state index is 0.172. The van der Waals surface area contributed by atoms with Gasteiger partial charge in [0, 0.05) is 0 Å². The first-order valence-electron chi connectivity index (χ1n) is 7.43. The number of carbonyl (C=O) groups excluding carboxylic acids is 1. The second-order valence-electron chi connectivity index (χ2n) is 5.39. The molecule has 1 aliphatic carbocycles. The minimum atomic E-state index is -0.552. The third kappa shape index (κ3) is 3.53. The van der Waals surface area contributed by atoms with Crippen molar-refractivity contribution in [3.05, 3.63) is 29.8 Å². The van der Waals surface area contributed by atoms with Crippen LogP contribution in [-0.4, -0.2) is 23.0 Å². The van der Waals surface area contributed by atoms with Gasteiger partial charge in [-0.25, -0.2) is 0 Å². The highest BCUT2D eigenvalue weighted by Gasteiger charge is 2.37. The van der Waals surface area contributed by atoms with Gasteiger partial charge >= 0.3 is 0 Å². The van der Waals surface area contributed by atoms with Crippen LogP contribution in [0.25, 0.3) is 0 Å². The van der Waals surface area contributed by atoms with Crippen molar-refractivity contribution in [3.8, 4) is 5.75 Å². The fourth-order valence-electron chi connectivity index (χ4n) is 2.81. The van der Waals surface area contributed by atoms with Crippen LogP contribution in [-0.2, 0) is 0 Å². The largest absolute Gasteiger partial charge is 0.493 e. The zero-order chi connectivity index (χ0) is 15.3. The van der Waals surface area contributed by atoms with Gasteiger partial charge < -0.3 is 15.8 Å². The molecule has 0 heterocycles. The molecule has 3 N–H and O–H groups in total. The summed E-state index contributed by atoms with van der Waals surface area (Å²) in [5.74, 6) is 0.417. The lowest BCUT2D eigenvalue weighted by molar-refractivity contribution is 0.0904. The van der Waals surface area contributed by atoms with Crippen LogP contribution >= 0.6 is 12.2 Å². The summed E-state index contributed by atoms with van der Waals surface area (Å²) in [6.07, 6.45) is 4.85. The monoisotopic (exact) mass is 306 g/mol. The number of nitrogens with one attached hydrogen (secondary N) is 1. The summed E-state index contributed by atoms with van der Waals surface area (Å²) < 4.78 is 5.52. The molecule has 0 radical (unpaired) electrons. The Kier molecular flexibility index (Phi) is 5.17. The van der Waals surface area contributed by atoms with Gasteiger partial charge in [-0.15, -0.1) is 0 Å². The van der Waals surface area contributed by atoms with Crippen LogP contribution < -0.4 is 15.8 Å². The van der Waals surface area contributed by atoms with Gasteiger partial charge in [0.25, 0.3) is 5.91 Å². The van der Waals surface area contributed by atoms with E-state index in [1.54, 1.807) is 12.1 Å². The standard InChI is InChI=1S/C16H22N2O2S/c1-2-20-13-9-5-4-8-12(13)14(19)18-16(15(17)21)10-6-3-7-11-16/h4-5,8-9H,2-3,6-7,10-11H2,1H3,(H2,17,21)(H,18,19). The van der Waals surface area contributed by atoms with Crippen molar-refractivity contribution in [1.29, 1.82) is 0 Å². The van der Waals surface area contributed by atoms with Crippen LogP contribution in [0.4, 0.5) is 0 Å². The molecule has 2 rings (SSSR count). The Morgan fingerprint density at radius 3 is 2.62 bits per heavy atom. The number of nitrogens with two attached hydrogens (primary N) is 1. The van der Waals surface area contributed by atoms with Crippen LogP contribution in [0.3, 0.4) is 0 Å². The number of rotatable bonds is 5. The number of hydrogen-bond donors (Lipinski definition) is 2. The number of para-hydroxylation sites is 1. The van der Waals surface area contributed by atoms with E-state index in [2.05, 4.69) is 5.32 Å². The number of carbonyl (C=O) groups is 1. The molecular weight excluding hydrogens is 284 g/mol. The lowest BCUT2D eigenvalue weighted by Gasteiger charge is -2.37. The molecule has 0 atom stereocenters. The van der Waals surface area contributed by atoms with Crippen LogP contribution in [0.2, 0.25) is 0 Å². The second-order valence-corrected chi connectivity index (χ2v) is 5.83. The van der Waals surface area contributed by atoms with Crippen LogP contribution in [0.15, 0.2) is 24.3 Å². The van der Waals surface area contributed by atoms with E-state index in [9.17, 15) is 4.79 Å². The van der Waals surface area contributed by atoms with E-state index in [1.165, 1.54) is 0 Å². The molecule has 1 aliphatic rings. The molecule has 114 valence electrons. The Balaban J connectivity index is 2.21. The van der Waals surface area contributed by atoms with Gasteiger partial charge in [-0.3, -0.25) is 4.79 Å². The van der Waals surface area contributed by atoms with Crippen molar-refractivity contribution in [2.45, 2.75) is 44.6 Å². The maximum atomic E-state index is 12.6. The van der Waals surface area contributed by atoms with E-state index in [-0.39, 0.29) is 5.91 Å². The highest BCUT2D eigenvalue weighted by atomic mass is 32.1. The van der Waals surface area contributed by atoms with Crippen molar-refractivity contribution >= 4 is 23.1 Å². The Labute approximate surface area is 131 Å². The van der Waals surface area contributed by atoms with Crippen molar-refractivity contribution in [2.24, 2.45) is 5.73 Å². The summed E-state index contributed by atoms with van der Waals surface area (Å²) >= 11 is 5.21. The fraction of sp³-hybridized carbons (Fsp3) is 0.500. The highest BCUT2D eigenvalue weighted by molar-refractivity contribution is 7.80. The number of benzene rings is 1. The number of ether oxygens (including phenoxy) is 1. The van der Waals surface area contributed by atoms with Gasteiger partial charge in [0.2, 0.25) is 0 Å². The Hall–Kier alpha value is -1.62. The fourth-order valence-corrected chi connectivity index (χ4v) is 3.06. The normalized spacial score (nSPS) is 17.0. The molecule has 0 spiro atoms. The molecule has 1 aromatic rings. The first kappa shape index (κ1) is 15.8. The molecule has 4 nitrogen and oxygen atoms in total. The van der Waals surface area contributed by atoms with Crippen molar-refractivity contribution in [1.82, 2.24) is 5.32 Å². The van der Waals surface area contributed by atoms with Gasteiger partial charge in [-0.1, -0.05) is 43.6 Å². The van der Waals surface area contributed by atoms with E-state index >= 15 is 0 Å². The van der Waals surface area contributed by atoms with E-state index < -0.39 is 5.54 Å². The average molecular weight is 306 g/mol. The molecule has 21 heavy (non-hydrogen) atoms. The van der Waals surface area contributed by atoms with Gasteiger partial charge in [-0.2, -0.15) is 0 Å². The first-order chi connectivity index (χ1) is 10.1. The van der Waals surface area contributed by atoms with E-state index in [1.807, 2.05) is 19.1 Å². The summed E-state index contributed by atoms with van der Waals surface area (Å²) in [6.45, 7) is 2.41. The number of thiocarbonyl (C=S) groups is 1. The van der Waals surface area contributed by atoms with E-state index in [0.717, 1.165) is 32.1 Å². The summed E-state index contributed by atoms with van der Waals surface area (Å²) in [4.78, 5) is 13.0. The third-order valence-corrected chi connectivity index (χ3v) is 4.35. The van der Waals surface area contributed by atoms with Gasteiger partial charge in [0.15, 0.2) is 0 Å². The molecule has 1 saturated carbocycles. The lowest BCUT2D eigenvalue weighted by Crippen LogP contribution is -2.57. The highest BCUT2D eigenvalue weighted by Crippen LogP contribution is 2.29. The predicted octanol–water partition coefficient (Wildman–Crippen LogP) is 2.80. The zero-order valence-electron chi connectivity index (χ0n) is 12.4. The second kappa shape index (κ2) is 6.89. The number of amides is 1. The van der Waals surface area contributed by atoms with E-state index in [4.69, 9.17) is 22.7 Å². The maximum Gasteiger partial charge on any atom is 0.255 e. The smallest absolute Gasteiger partial charge is 0.255 e. The van der Waals surface area contributed by atoms with Crippen molar-refractivity contribution in [2.75, 3.05) is 6.61 Å². The molecule has 1 aromatic carbocycles. The van der Waals surface area contributed by atoms with Gasteiger partial charge in [0.05, 0.1) is 22.7 Å². The third-order valence-electron chi connectivity index (χ3n) is 3.96. The van der Waals surface area contributed by atoms with Crippen LogP contribution in [0.5, 0.6) is 5.75 Å².